The molecule has 0 aliphatic carbocycles. The molecule has 14 heavy (non-hydrogen) atoms. The number of aromatic nitrogens is 1. The van der Waals surface area contributed by atoms with Crippen LogP contribution in [0.15, 0.2) is 10.9 Å². The minimum atomic E-state index is -0.299. The second-order valence-electron chi connectivity index (χ2n) is 3.12. The molecule has 0 fully saturated rings. The van der Waals surface area contributed by atoms with Crippen molar-refractivity contribution in [3.05, 3.63) is 32.7 Å². The summed E-state index contributed by atoms with van der Waals surface area (Å²) in [4.78, 5) is 22.3. The first-order valence-corrected chi connectivity index (χ1v) is 4.84. The molecule has 1 aromatic heterocycles. The molecule has 1 heterocycles. The van der Waals surface area contributed by atoms with Gasteiger partial charge < -0.3 is 4.57 Å². The maximum atomic E-state index is 11.7. The molecule has 0 aliphatic rings. The maximum absolute atomic E-state index is 11.7. The first-order valence-electron chi connectivity index (χ1n) is 4.47. The molecule has 0 aromatic carbocycles. The Kier molecular flexibility index (Phi) is 3.47. The molecule has 0 saturated heterocycles. The van der Waals surface area contributed by atoms with Crippen molar-refractivity contribution in [2.24, 2.45) is 0 Å². The zero-order valence-corrected chi connectivity index (χ0v) is 8.97. The van der Waals surface area contributed by atoms with E-state index in [4.69, 9.17) is 11.6 Å². The lowest BCUT2D eigenvalue weighted by atomic mass is 10.2. The van der Waals surface area contributed by atoms with Gasteiger partial charge in [0.25, 0.3) is 5.56 Å². The number of carbonyl (C=O) groups excluding carboxylic acids is 1. The molecular formula is C10H12ClNO2. The van der Waals surface area contributed by atoms with Gasteiger partial charge in [-0.2, -0.15) is 0 Å². The Bertz CT molecular complexity index is 409. The van der Waals surface area contributed by atoms with Gasteiger partial charge in [-0.25, -0.2) is 0 Å². The monoisotopic (exact) mass is 213 g/mol. The zero-order chi connectivity index (χ0) is 10.7. The van der Waals surface area contributed by atoms with Crippen LogP contribution in [0, 0.1) is 6.92 Å². The Morgan fingerprint density at radius 3 is 2.71 bits per heavy atom. The van der Waals surface area contributed by atoms with Crippen LogP contribution in [0.1, 0.15) is 29.4 Å². The van der Waals surface area contributed by atoms with E-state index in [1.165, 1.54) is 0 Å². The van der Waals surface area contributed by atoms with Crippen LogP contribution in [-0.4, -0.2) is 10.9 Å². The number of aryl methyl sites for hydroxylation is 1. The first-order chi connectivity index (χ1) is 6.61. The van der Waals surface area contributed by atoms with Crippen LogP contribution >= 0.6 is 11.6 Å². The highest BCUT2D eigenvalue weighted by Crippen LogP contribution is 2.12. The second-order valence-corrected chi connectivity index (χ2v) is 3.53. The van der Waals surface area contributed by atoms with Crippen molar-refractivity contribution in [1.29, 1.82) is 0 Å². The molecule has 3 nitrogen and oxygen atoms in total. The fourth-order valence-electron chi connectivity index (χ4n) is 1.35. The number of aldehydes is 1. The summed E-state index contributed by atoms with van der Waals surface area (Å²) in [6.07, 6.45) is 1.36. The fraction of sp³-hybridized carbons (Fsp3) is 0.400. The van der Waals surface area contributed by atoms with Gasteiger partial charge in [-0.15, -0.1) is 0 Å². The van der Waals surface area contributed by atoms with E-state index in [2.05, 4.69) is 0 Å². The summed E-state index contributed by atoms with van der Waals surface area (Å²) < 4.78 is 1.57. The van der Waals surface area contributed by atoms with Gasteiger partial charge in [0, 0.05) is 12.2 Å². The van der Waals surface area contributed by atoms with Crippen LogP contribution in [0.4, 0.5) is 0 Å². The molecule has 1 rings (SSSR count). The number of halogens is 1. The molecule has 76 valence electrons. The largest absolute Gasteiger partial charge is 0.312 e. The highest BCUT2D eigenvalue weighted by atomic mass is 35.5. The Hall–Kier alpha value is -1.09. The molecule has 0 aliphatic heterocycles. The molecule has 0 radical (unpaired) electrons. The summed E-state index contributed by atoms with van der Waals surface area (Å²) in [5.41, 5.74) is 0.532. The molecule has 0 saturated carbocycles. The van der Waals surface area contributed by atoms with E-state index < -0.39 is 0 Å². The number of nitrogens with zero attached hydrogens (tertiary/aromatic N) is 1. The van der Waals surface area contributed by atoms with E-state index in [9.17, 15) is 9.59 Å². The van der Waals surface area contributed by atoms with Crippen LogP contribution in [0.25, 0.3) is 0 Å². The van der Waals surface area contributed by atoms with Crippen molar-refractivity contribution in [2.75, 3.05) is 0 Å². The fourth-order valence-corrected chi connectivity index (χ4v) is 1.64. The Balaban J connectivity index is 3.44. The summed E-state index contributed by atoms with van der Waals surface area (Å²) in [5.74, 6) is 0. The van der Waals surface area contributed by atoms with Gasteiger partial charge in [-0.1, -0.05) is 18.5 Å². The van der Waals surface area contributed by atoms with Crippen LogP contribution < -0.4 is 5.56 Å². The van der Waals surface area contributed by atoms with Crippen molar-refractivity contribution in [1.82, 2.24) is 4.57 Å². The van der Waals surface area contributed by atoms with E-state index in [0.29, 0.717) is 12.8 Å². The second kappa shape index (κ2) is 4.42. The smallest absolute Gasteiger partial charge is 0.262 e. The average molecular weight is 214 g/mol. The maximum Gasteiger partial charge on any atom is 0.262 e. The van der Waals surface area contributed by atoms with Gasteiger partial charge in [-0.3, -0.25) is 9.59 Å². The lowest BCUT2D eigenvalue weighted by Crippen LogP contribution is -2.25. The number of pyridine rings is 1. The molecule has 0 spiro atoms. The predicted octanol–water partition coefficient (Wildman–Crippen LogP) is 2.03. The highest BCUT2D eigenvalue weighted by molar-refractivity contribution is 6.32. The minimum absolute atomic E-state index is 0.0470. The van der Waals surface area contributed by atoms with Crippen molar-refractivity contribution < 1.29 is 4.79 Å². The molecule has 4 heteroatoms. The Morgan fingerprint density at radius 2 is 2.21 bits per heavy atom. The van der Waals surface area contributed by atoms with Gasteiger partial charge in [0.1, 0.15) is 0 Å². The third kappa shape index (κ3) is 1.87. The van der Waals surface area contributed by atoms with Crippen molar-refractivity contribution in [2.45, 2.75) is 26.8 Å². The quantitative estimate of drug-likeness (QED) is 0.721. The molecule has 0 bridgehead atoms. The van der Waals surface area contributed by atoms with Gasteiger partial charge in [0.2, 0.25) is 0 Å². The van der Waals surface area contributed by atoms with Gasteiger partial charge in [0.05, 0.1) is 10.6 Å². The van der Waals surface area contributed by atoms with E-state index >= 15 is 0 Å². The van der Waals surface area contributed by atoms with Crippen molar-refractivity contribution in [3.8, 4) is 0 Å². The summed E-state index contributed by atoms with van der Waals surface area (Å²) in [7, 11) is 0. The van der Waals surface area contributed by atoms with Crippen LogP contribution in [-0.2, 0) is 6.54 Å². The zero-order valence-electron chi connectivity index (χ0n) is 8.21. The number of carbonyl (C=O) groups is 1. The summed E-state index contributed by atoms with van der Waals surface area (Å²) in [6, 6.07) is 1.64. The first kappa shape index (κ1) is 11.0. The SMILES string of the molecule is CCCn1c(C)cc(Cl)c(C=O)c1=O. The molecule has 0 amide bonds. The van der Waals surface area contributed by atoms with Crippen LogP contribution in [0.5, 0.6) is 0 Å². The van der Waals surface area contributed by atoms with E-state index in [1.807, 2.05) is 6.92 Å². The molecule has 0 unspecified atom stereocenters. The Labute approximate surface area is 87.3 Å². The lowest BCUT2D eigenvalue weighted by Gasteiger charge is -2.09. The van der Waals surface area contributed by atoms with Gasteiger partial charge >= 0.3 is 0 Å². The topological polar surface area (TPSA) is 39.1 Å². The van der Waals surface area contributed by atoms with E-state index in [1.54, 1.807) is 17.6 Å². The van der Waals surface area contributed by atoms with Crippen molar-refractivity contribution in [3.63, 3.8) is 0 Å². The standard InChI is InChI=1S/C10H12ClNO2/c1-3-4-12-7(2)5-9(11)8(6-13)10(12)14/h5-6H,3-4H2,1-2H3. The van der Waals surface area contributed by atoms with E-state index in [-0.39, 0.29) is 16.1 Å². The minimum Gasteiger partial charge on any atom is -0.312 e. The number of hydrogen-bond donors (Lipinski definition) is 0. The predicted molar refractivity (Wildman–Crippen MR) is 56.1 cm³/mol. The van der Waals surface area contributed by atoms with Crippen LogP contribution in [0.3, 0.4) is 0 Å². The van der Waals surface area contributed by atoms with Gasteiger partial charge in [-0.05, 0) is 19.4 Å². The molecule has 0 N–H and O–H groups in total. The van der Waals surface area contributed by atoms with Gasteiger partial charge in [0.15, 0.2) is 6.29 Å². The summed E-state index contributed by atoms with van der Waals surface area (Å²) >= 11 is 5.76. The summed E-state index contributed by atoms with van der Waals surface area (Å²) in [5, 5.41) is 0.231. The lowest BCUT2D eigenvalue weighted by molar-refractivity contribution is 0.112. The molecule has 0 atom stereocenters. The van der Waals surface area contributed by atoms with Crippen LogP contribution in [0.2, 0.25) is 5.02 Å². The summed E-state index contributed by atoms with van der Waals surface area (Å²) in [6.45, 7) is 4.39. The molecule has 1 aromatic rings. The number of rotatable bonds is 3. The Morgan fingerprint density at radius 1 is 1.57 bits per heavy atom. The third-order valence-corrected chi connectivity index (χ3v) is 2.37. The highest BCUT2D eigenvalue weighted by Gasteiger charge is 2.09. The van der Waals surface area contributed by atoms with Crippen molar-refractivity contribution >= 4 is 17.9 Å². The van der Waals surface area contributed by atoms with E-state index in [0.717, 1.165) is 12.1 Å². The molecular weight excluding hydrogens is 202 g/mol. The third-order valence-electron chi connectivity index (χ3n) is 2.06. The number of hydrogen-bond acceptors (Lipinski definition) is 2. The average Bonchev–Trinajstić information content (AvgIpc) is 2.12. The normalized spacial score (nSPS) is 10.2.